The third kappa shape index (κ3) is 3.64. The van der Waals surface area contributed by atoms with Gasteiger partial charge in [-0.25, -0.2) is 9.59 Å². The highest BCUT2D eigenvalue weighted by atomic mass is 16.6. The Morgan fingerprint density at radius 1 is 1.00 bits per heavy atom. The molecule has 0 spiro atoms. The quantitative estimate of drug-likeness (QED) is 0.476. The summed E-state index contributed by atoms with van der Waals surface area (Å²) in [6, 6.07) is 10.2. The first-order valence-electron chi connectivity index (χ1n) is 8.48. The summed E-state index contributed by atoms with van der Waals surface area (Å²) in [7, 11) is 4.37. The third-order valence-corrected chi connectivity index (χ3v) is 4.39. The van der Waals surface area contributed by atoms with Gasteiger partial charge in [0.1, 0.15) is 11.3 Å². The van der Waals surface area contributed by atoms with E-state index in [1.54, 1.807) is 43.5 Å². The monoisotopic (exact) mass is 384 g/mol. The van der Waals surface area contributed by atoms with Crippen molar-refractivity contribution in [3.05, 3.63) is 52.4 Å². The lowest BCUT2D eigenvalue weighted by molar-refractivity contribution is -0.142. The fourth-order valence-corrected chi connectivity index (χ4v) is 2.95. The van der Waals surface area contributed by atoms with Gasteiger partial charge >= 0.3 is 11.6 Å². The molecule has 0 bridgehead atoms. The van der Waals surface area contributed by atoms with E-state index in [1.165, 1.54) is 14.2 Å². The van der Waals surface area contributed by atoms with Crippen LogP contribution in [0.15, 0.2) is 45.6 Å². The second kappa shape index (κ2) is 8.04. The maximum absolute atomic E-state index is 12.6. The average molecular weight is 384 g/mol. The smallest absolute Gasteiger partial charge is 0.344 e. The van der Waals surface area contributed by atoms with E-state index in [-0.39, 0.29) is 6.61 Å². The highest BCUT2D eigenvalue weighted by Gasteiger charge is 2.16. The largest absolute Gasteiger partial charge is 0.493 e. The maximum atomic E-state index is 12.6. The highest BCUT2D eigenvalue weighted by Crippen LogP contribution is 2.34. The predicted molar refractivity (Wildman–Crippen MR) is 103 cm³/mol. The molecule has 7 heteroatoms. The molecule has 3 rings (SSSR count). The van der Waals surface area contributed by atoms with Crippen LogP contribution in [0.3, 0.4) is 0 Å². The van der Waals surface area contributed by atoms with Gasteiger partial charge in [0.25, 0.3) is 0 Å². The standard InChI is InChI=1S/C21H20O7/c1-12-15-10-14(27-11-19(22)26-4)6-8-16(15)28-21(23)20(12)13-5-7-17(24-2)18(9-13)25-3/h5-10H,11H2,1-4H3. The van der Waals surface area contributed by atoms with E-state index < -0.39 is 11.6 Å². The molecule has 0 aliphatic heterocycles. The van der Waals surface area contributed by atoms with E-state index in [0.29, 0.717) is 39.3 Å². The second-order valence-electron chi connectivity index (χ2n) is 5.98. The summed E-state index contributed by atoms with van der Waals surface area (Å²) in [6.07, 6.45) is 0. The van der Waals surface area contributed by atoms with Gasteiger partial charge in [-0.3, -0.25) is 0 Å². The van der Waals surface area contributed by atoms with Crippen LogP contribution >= 0.6 is 0 Å². The van der Waals surface area contributed by atoms with Crippen LogP contribution < -0.4 is 19.8 Å². The summed E-state index contributed by atoms with van der Waals surface area (Å²) in [6.45, 7) is 1.62. The molecule has 28 heavy (non-hydrogen) atoms. The zero-order chi connectivity index (χ0) is 20.3. The first-order chi connectivity index (χ1) is 13.5. The SMILES string of the molecule is COC(=O)COc1ccc2oc(=O)c(-c3ccc(OC)c(OC)c3)c(C)c2c1. The highest BCUT2D eigenvalue weighted by molar-refractivity contribution is 5.88. The minimum atomic E-state index is -0.484. The molecule has 0 saturated heterocycles. The van der Waals surface area contributed by atoms with Crippen LogP contribution in [0.2, 0.25) is 0 Å². The van der Waals surface area contributed by atoms with Gasteiger partial charge in [-0.1, -0.05) is 6.07 Å². The van der Waals surface area contributed by atoms with Gasteiger partial charge in [0.2, 0.25) is 0 Å². The van der Waals surface area contributed by atoms with Gasteiger partial charge in [-0.2, -0.15) is 0 Å². The summed E-state index contributed by atoms with van der Waals surface area (Å²) in [4.78, 5) is 23.9. The zero-order valence-electron chi connectivity index (χ0n) is 16.0. The molecule has 146 valence electrons. The minimum Gasteiger partial charge on any atom is -0.493 e. The first kappa shape index (κ1) is 19.3. The van der Waals surface area contributed by atoms with Gasteiger partial charge in [-0.05, 0) is 48.4 Å². The number of ether oxygens (including phenoxy) is 4. The van der Waals surface area contributed by atoms with E-state index in [0.717, 1.165) is 5.56 Å². The Kier molecular flexibility index (Phi) is 5.54. The summed E-state index contributed by atoms with van der Waals surface area (Å²) >= 11 is 0. The molecule has 1 aromatic heterocycles. The van der Waals surface area contributed by atoms with Crippen LogP contribution in [0, 0.1) is 6.92 Å². The Balaban J connectivity index is 2.10. The normalized spacial score (nSPS) is 10.6. The molecule has 0 aliphatic rings. The van der Waals surface area contributed by atoms with E-state index in [4.69, 9.17) is 18.6 Å². The number of esters is 1. The number of benzene rings is 2. The van der Waals surface area contributed by atoms with Crippen molar-refractivity contribution in [2.75, 3.05) is 27.9 Å². The Morgan fingerprint density at radius 3 is 2.43 bits per heavy atom. The van der Waals surface area contributed by atoms with E-state index in [2.05, 4.69) is 4.74 Å². The Labute approximate surface area is 161 Å². The third-order valence-electron chi connectivity index (χ3n) is 4.39. The molecular formula is C21H20O7. The van der Waals surface area contributed by atoms with Gasteiger partial charge in [0, 0.05) is 5.39 Å². The summed E-state index contributed by atoms with van der Waals surface area (Å²) in [5.74, 6) is 1.05. The van der Waals surface area contributed by atoms with Crippen molar-refractivity contribution in [1.82, 2.24) is 0 Å². The van der Waals surface area contributed by atoms with Crippen molar-refractivity contribution < 1.29 is 28.2 Å². The van der Waals surface area contributed by atoms with E-state index >= 15 is 0 Å². The van der Waals surface area contributed by atoms with Gasteiger partial charge in [-0.15, -0.1) is 0 Å². The summed E-state index contributed by atoms with van der Waals surface area (Å²) < 4.78 is 26.1. The Morgan fingerprint density at radius 2 is 1.75 bits per heavy atom. The second-order valence-corrected chi connectivity index (χ2v) is 5.98. The van der Waals surface area contributed by atoms with Crippen molar-refractivity contribution in [2.24, 2.45) is 0 Å². The molecule has 0 aliphatic carbocycles. The number of rotatable bonds is 6. The number of carbonyl (C=O) groups is 1. The number of aryl methyl sites for hydroxylation is 1. The lowest BCUT2D eigenvalue weighted by Crippen LogP contribution is -2.12. The van der Waals surface area contributed by atoms with Crippen molar-refractivity contribution in [3.63, 3.8) is 0 Å². The van der Waals surface area contributed by atoms with Crippen LogP contribution in [0.5, 0.6) is 17.2 Å². The zero-order valence-corrected chi connectivity index (χ0v) is 16.0. The molecule has 0 fully saturated rings. The number of hydrogen-bond acceptors (Lipinski definition) is 7. The molecule has 7 nitrogen and oxygen atoms in total. The van der Waals surface area contributed by atoms with Gasteiger partial charge in [0.15, 0.2) is 18.1 Å². The molecule has 2 aromatic carbocycles. The molecule has 0 atom stereocenters. The van der Waals surface area contributed by atoms with Crippen molar-refractivity contribution in [2.45, 2.75) is 6.92 Å². The summed E-state index contributed by atoms with van der Waals surface area (Å²) in [5.41, 5.74) is 1.75. The van der Waals surface area contributed by atoms with Crippen LogP contribution in [0.25, 0.3) is 22.1 Å². The molecular weight excluding hydrogens is 364 g/mol. The van der Waals surface area contributed by atoms with Crippen molar-refractivity contribution in [3.8, 4) is 28.4 Å². The average Bonchev–Trinajstić information content (AvgIpc) is 2.71. The molecule has 1 heterocycles. The number of methoxy groups -OCH3 is 3. The van der Waals surface area contributed by atoms with Gasteiger partial charge < -0.3 is 23.4 Å². The topological polar surface area (TPSA) is 84.2 Å². The lowest BCUT2D eigenvalue weighted by Gasteiger charge is -2.12. The van der Waals surface area contributed by atoms with Crippen LogP contribution in [0.1, 0.15) is 5.56 Å². The van der Waals surface area contributed by atoms with Crippen LogP contribution in [-0.2, 0) is 9.53 Å². The molecule has 0 saturated carbocycles. The number of carbonyl (C=O) groups excluding carboxylic acids is 1. The lowest BCUT2D eigenvalue weighted by atomic mass is 9.99. The molecule has 0 unspecified atom stereocenters. The molecule has 0 amide bonds. The summed E-state index contributed by atoms with van der Waals surface area (Å²) in [5, 5.41) is 0.701. The molecule has 0 N–H and O–H groups in total. The Hall–Kier alpha value is -3.48. The maximum Gasteiger partial charge on any atom is 0.344 e. The van der Waals surface area contributed by atoms with Crippen LogP contribution in [0.4, 0.5) is 0 Å². The fourth-order valence-electron chi connectivity index (χ4n) is 2.95. The van der Waals surface area contributed by atoms with Crippen LogP contribution in [-0.4, -0.2) is 33.9 Å². The molecule has 0 radical (unpaired) electrons. The first-order valence-corrected chi connectivity index (χ1v) is 8.48. The van der Waals surface area contributed by atoms with Crippen molar-refractivity contribution in [1.29, 1.82) is 0 Å². The molecule has 3 aromatic rings. The van der Waals surface area contributed by atoms with Gasteiger partial charge in [0.05, 0.1) is 26.9 Å². The number of hydrogen-bond donors (Lipinski definition) is 0. The fraction of sp³-hybridized carbons (Fsp3) is 0.238. The van der Waals surface area contributed by atoms with E-state index in [9.17, 15) is 9.59 Å². The minimum absolute atomic E-state index is 0.208. The van der Waals surface area contributed by atoms with Crippen molar-refractivity contribution >= 4 is 16.9 Å². The Bertz CT molecular complexity index is 1080. The van der Waals surface area contributed by atoms with E-state index in [1.807, 2.05) is 6.92 Å². The number of fused-ring (bicyclic) bond motifs is 1. The predicted octanol–water partition coefficient (Wildman–Crippen LogP) is 3.34.